The van der Waals surface area contributed by atoms with Gasteiger partial charge in [0.05, 0.1) is 18.6 Å². The van der Waals surface area contributed by atoms with E-state index in [4.69, 9.17) is 4.84 Å². The molecule has 48 valence electrons. The van der Waals surface area contributed by atoms with E-state index in [1.54, 1.807) is 12.2 Å². The number of hydrogen-bond acceptors (Lipinski definition) is 2. The molecule has 0 spiro atoms. The van der Waals surface area contributed by atoms with Crippen molar-refractivity contribution >= 4 is 17.7 Å². The number of hydroxylamine groups is 2. The highest BCUT2D eigenvalue weighted by molar-refractivity contribution is 7.78. The van der Waals surface area contributed by atoms with Crippen molar-refractivity contribution in [3.05, 3.63) is 0 Å². The molecule has 0 radical (unpaired) electrons. The molecule has 3 heteroatoms. The molecule has 0 aromatic heterocycles. The van der Waals surface area contributed by atoms with Crippen LogP contribution in [0.2, 0.25) is 0 Å². The number of nitrogens with zero attached hydrogens (tertiary/aromatic N) is 1. The van der Waals surface area contributed by atoms with Crippen LogP contribution in [0, 0.1) is 0 Å². The smallest absolute Gasteiger partial charge is 0.0907 e. The lowest BCUT2D eigenvalue weighted by Crippen LogP contribution is -2.26. The van der Waals surface area contributed by atoms with E-state index in [1.807, 2.05) is 13.8 Å². The molecule has 0 saturated heterocycles. The first-order chi connectivity index (χ1) is 3.72. The van der Waals surface area contributed by atoms with E-state index in [-0.39, 0.29) is 0 Å². The summed E-state index contributed by atoms with van der Waals surface area (Å²) in [6.07, 6.45) is 0. The van der Waals surface area contributed by atoms with Crippen LogP contribution in [-0.4, -0.2) is 23.7 Å². The van der Waals surface area contributed by atoms with Crippen LogP contribution < -0.4 is 0 Å². The van der Waals surface area contributed by atoms with Gasteiger partial charge in [0, 0.05) is 0 Å². The van der Waals surface area contributed by atoms with Crippen LogP contribution >= 0.6 is 12.2 Å². The molecule has 0 aliphatic rings. The molecule has 0 atom stereocenters. The first kappa shape index (κ1) is 7.85. The summed E-state index contributed by atoms with van der Waals surface area (Å²) in [5.41, 5.74) is 1.49. The van der Waals surface area contributed by atoms with Gasteiger partial charge in [-0.25, -0.2) is 5.06 Å². The molecule has 0 aliphatic heterocycles. The fraction of sp³-hybridized carbons (Fsp3) is 0.800. The van der Waals surface area contributed by atoms with E-state index in [1.165, 1.54) is 5.49 Å². The van der Waals surface area contributed by atoms with Crippen LogP contribution in [0.5, 0.6) is 0 Å². The van der Waals surface area contributed by atoms with E-state index in [9.17, 15) is 0 Å². The third kappa shape index (κ3) is 2.23. The number of thiocarbonyl (C=S) groups is 1. The van der Waals surface area contributed by atoms with Crippen molar-refractivity contribution in [2.75, 3.05) is 7.11 Å². The van der Waals surface area contributed by atoms with Crippen LogP contribution in [0.15, 0.2) is 0 Å². The van der Waals surface area contributed by atoms with Gasteiger partial charge in [-0.2, -0.15) is 0 Å². The third-order valence-electron chi connectivity index (χ3n) is 0.824. The first-order valence-corrected chi connectivity index (χ1v) is 2.97. The third-order valence-corrected chi connectivity index (χ3v) is 1.03. The average molecular weight is 133 g/mol. The van der Waals surface area contributed by atoms with Gasteiger partial charge in [0.1, 0.15) is 0 Å². The first-order valence-electron chi connectivity index (χ1n) is 2.50. The van der Waals surface area contributed by atoms with Crippen molar-refractivity contribution in [1.82, 2.24) is 5.06 Å². The number of hydrogen-bond donors (Lipinski definition) is 0. The predicted molar refractivity (Wildman–Crippen MR) is 37.6 cm³/mol. The standard InChI is InChI=1S/C5H11NOS/c1-5(2)6(4-8)7-3/h4-5H,1-3H3. The molecule has 0 heterocycles. The maximum atomic E-state index is 4.83. The molecule has 0 rings (SSSR count). The normalized spacial score (nSPS) is 9.50. The van der Waals surface area contributed by atoms with Crippen LogP contribution in [0.1, 0.15) is 13.8 Å². The summed E-state index contributed by atoms with van der Waals surface area (Å²) in [5, 5.41) is 1.61. The molecule has 0 amide bonds. The summed E-state index contributed by atoms with van der Waals surface area (Å²) < 4.78 is 0. The quantitative estimate of drug-likeness (QED) is 0.424. The van der Waals surface area contributed by atoms with Crippen molar-refractivity contribution < 1.29 is 4.84 Å². The van der Waals surface area contributed by atoms with E-state index >= 15 is 0 Å². The Balaban J connectivity index is 3.51. The van der Waals surface area contributed by atoms with Crippen molar-refractivity contribution in [2.24, 2.45) is 0 Å². The topological polar surface area (TPSA) is 12.5 Å². The second-order valence-corrected chi connectivity index (χ2v) is 1.95. The zero-order valence-electron chi connectivity index (χ0n) is 5.42. The lowest BCUT2D eigenvalue weighted by atomic mass is 10.4. The molecule has 0 aromatic rings. The summed E-state index contributed by atoms with van der Waals surface area (Å²) in [4.78, 5) is 4.83. The Morgan fingerprint density at radius 2 is 2.12 bits per heavy atom. The van der Waals surface area contributed by atoms with E-state index in [2.05, 4.69) is 12.2 Å². The van der Waals surface area contributed by atoms with Crippen LogP contribution in [0.4, 0.5) is 0 Å². The lowest BCUT2D eigenvalue weighted by Gasteiger charge is -2.19. The van der Waals surface area contributed by atoms with Crippen LogP contribution in [0.25, 0.3) is 0 Å². The summed E-state index contributed by atoms with van der Waals surface area (Å²) in [7, 11) is 1.60. The van der Waals surface area contributed by atoms with Gasteiger partial charge in [-0.05, 0) is 13.8 Å². The van der Waals surface area contributed by atoms with Gasteiger partial charge in [-0.15, -0.1) is 0 Å². The van der Waals surface area contributed by atoms with Crippen molar-refractivity contribution in [3.63, 3.8) is 0 Å². The summed E-state index contributed by atoms with van der Waals surface area (Å²) in [5.74, 6) is 0. The lowest BCUT2D eigenvalue weighted by molar-refractivity contribution is -0.0801. The maximum Gasteiger partial charge on any atom is 0.0907 e. The molecule has 0 N–H and O–H groups in total. The molecule has 0 saturated carbocycles. The molecule has 2 nitrogen and oxygen atoms in total. The van der Waals surface area contributed by atoms with Crippen molar-refractivity contribution in [1.29, 1.82) is 0 Å². The van der Waals surface area contributed by atoms with Crippen LogP contribution in [0.3, 0.4) is 0 Å². The minimum absolute atomic E-state index is 0.331. The minimum atomic E-state index is 0.331. The van der Waals surface area contributed by atoms with Gasteiger partial charge in [0.2, 0.25) is 0 Å². The van der Waals surface area contributed by atoms with Gasteiger partial charge in [0.25, 0.3) is 0 Å². The molecule has 0 aliphatic carbocycles. The Bertz CT molecular complexity index is 74.8. The Morgan fingerprint density at radius 1 is 1.62 bits per heavy atom. The fourth-order valence-electron chi connectivity index (χ4n) is 0.376. The van der Waals surface area contributed by atoms with E-state index < -0.39 is 0 Å². The largest absolute Gasteiger partial charge is 0.276 e. The highest BCUT2D eigenvalue weighted by atomic mass is 32.1. The predicted octanol–water partition coefficient (Wildman–Crippen LogP) is 1.22. The molecular formula is C5H11NOS. The second kappa shape index (κ2) is 3.80. The fourth-order valence-corrected chi connectivity index (χ4v) is 0.705. The summed E-state index contributed by atoms with van der Waals surface area (Å²) >= 11 is 4.62. The number of rotatable bonds is 3. The Labute approximate surface area is 55.4 Å². The highest BCUT2D eigenvalue weighted by Gasteiger charge is 1.99. The van der Waals surface area contributed by atoms with Crippen LogP contribution in [-0.2, 0) is 4.84 Å². The molecular weight excluding hydrogens is 122 g/mol. The minimum Gasteiger partial charge on any atom is -0.276 e. The van der Waals surface area contributed by atoms with Gasteiger partial charge < -0.3 is 0 Å². The van der Waals surface area contributed by atoms with Crippen molar-refractivity contribution in [3.8, 4) is 0 Å². The maximum absolute atomic E-state index is 4.83. The SMILES string of the molecule is CON(C=S)C(C)C. The monoisotopic (exact) mass is 133 g/mol. The Morgan fingerprint density at radius 3 is 2.12 bits per heavy atom. The highest BCUT2D eigenvalue weighted by Crippen LogP contribution is 1.92. The van der Waals surface area contributed by atoms with Gasteiger partial charge in [0.15, 0.2) is 0 Å². The molecule has 8 heavy (non-hydrogen) atoms. The molecule has 0 unspecified atom stereocenters. The Hall–Kier alpha value is -0.150. The van der Waals surface area contributed by atoms with Gasteiger partial charge in [-0.3, -0.25) is 4.84 Å². The molecule has 0 fully saturated rings. The molecule has 0 bridgehead atoms. The van der Waals surface area contributed by atoms with Crippen molar-refractivity contribution in [2.45, 2.75) is 19.9 Å². The zero-order chi connectivity index (χ0) is 6.57. The van der Waals surface area contributed by atoms with Gasteiger partial charge >= 0.3 is 0 Å². The van der Waals surface area contributed by atoms with E-state index in [0.717, 1.165) is 0 Å². The van der Waals surface area contributed by atoms with E-state index in [0.29, 0.717) is 6.04 Å². The molecule has 0 aromatic carbocycles. The summed E-state index contributed by atoms with van der Waals surface area (Å²) in [6.45, 7) is 4.01. The average Bonchev–Trinajstić information content (AvgIpc) is 1.69. The zero-order valence-corrected chi connectivity index (χ0v) is 6.23. The van der Waals surface area contributed by atoms with Gasteiger partial charge in [-0.1, -0.05) is 12.2 Å². The summed E-state index contributed by atoms with van der Waals surface area (Å²) in [6, 6.07) is 0.331. The Kier molecular flexibility index (Phi) is 3.73. The second-order valence-electron chi connectivity index (χ2n) is 1.74.